The highest BCUT2D eigenvalue weighted by Crippen LogP contribution is 2.22. The molecular formula is C17H17N5O3. The average molecular weight is 339 g/mol. The third-order valence-corrected chi connectivity index (χ3v) is 3.58. The molecule has 0 aliphatic rings. The van der Waals surface area contributed by atoms with Crippen LogP contribution >= 0.6 is 0 Å². The fourth-order valence-corrected chi connectivity index (χ4v) is 2.29. The molecule has 0 aliphatic carbocycles. The van der Waals surface area contributed by atoms with Crippen LogP contribution in [0, 0.1) is 0 Å². The Kier molecular flexibility index (Phi) is 4.89. The van der Waals surface area contributed by atoms with Gasteiger partial charge in [0.25, 0.3) is 11.5 Å². The number of methoxy groups -OCH3 is 1. The van der Waals surface area contributed by atoms with Gasteiger partial charge in [0.1, 0.15) is 11.4 Å². The van der Waals surface area contributed by atoms with Crippen molar-refractivity contribution in [1.82, 2.24) is 25.3 Å². The number of hydrogen-bond donors (Lipinski definition) is 2. The summed E-state index contributed by atoms with van der Waals surface area (Å²) in [7, 11) is 1.59. The maximum Gasteiger partial charge on any atom is 0.269 e. The fraction of sp³-hybridized carbons (Fsp3) is 0.176. The van der Waals surface area contributed by atoms with Gasteiger partial charge in [0.15, 0.2) is 0 Å². The molecule has 3 aromatic rings. The lowest BCUT2D eigenvalue weighted by molar-refractivity contribution is 0.0946. The van der Waals surface area contributed by atoms with Crippen LogP contribution in [-0.2, 0) is 6.54 Å². The Bertz CT molecular complexity index is 932. The number of aromatic nitrogens is 4. The van der Waals surface area contributed by atoms with Crippen LogP contribution in [0.4, 0.5) is 0 Å². The first kappa shape index (κ1) is 16.4. The zero-order valence-electron chi connectivity index (χ0n) is 13.6. The minimum atomic E-state index is -0.300. The van der Waals surface area contributed by atoms with Crippen molar-refractivity contribution in [2.24, 2.45) is 0 Å². The van der Waals surface area contributed by atoms with Crippen molar-refractivity contribution in [1.29, 1.82) is 0 Å². The van der Waals surface area contributed by atoms with Crippen LogP contribution in [0.25, 0.3) is 11.3 Å². The average Bonchev–Trinajstić information content (AvgIpc) is 3.13. The van der Waals surface area contributed by atoms with E-state index in [2.05, 4.69) is 20.6 Å². The van der Waals surface area contributed by atoms with Gasteiger partial charge in [0, 0.05) is 24.4 Å². The number of benzene rings is 1. The Balaban J connectivity index is 1.62. The van der Waals surface area contributed by atoms with E-state index in [9.17, 15) is 9.59 Å². The number of nitrogens with zero attached hydrogens (tertiary/aromatic N) is 3. The highest BCUT2D eigenvalue weighted by atomic mass is 16.5. The quantitative estimate of drug-likeness (QED) is 0.699. The Morgan fingerprint density at radius 3 is 2.96 bits per heavy atom. The molecular weight excluding hydrogens is 322 g/mol. The Morgan fingerprint density at radius 1 is 1.28 bits per heavy atom. The number of H-pyrrole nitrogens is 1. The topological polar surface area (TPSA) is 102 Å². The predicted molar refractivity (Wildman–Crippen MR) is 91.4 cm³/mol. The fourth-order valence-electron chi connectivity index (χ4n) is 2.29. The largest absolute Gasteiger partial charge is 0.497 e. The van der Waals surface area contributed by atoms with Gasteiger partial charge in [0.2, 0.25) is 0 Å². The summed E-state index contributed by atoms with van der Waals surface area (Å²) in [6, 6.07) is 12.1. The summed E-state index contributed by atoms with van der Waals surface area (Å²) in [6.45, 7) is 0.575. The van der Waals surface area contributed by atoms with Crippen molar-refractivity contribution in [3.05, 3.63) is 64.7 Å². The van der Waals surface area contributed by atoms with E-state index in [0.29, 0.717) is 23.7 Å². The van der Waals surface area contributed by atoms with Crippen molar-refractivity contribution in [3.63, 3.8) is 0 Å². The van der Waals surface area contributed by atoms with E-state index in [-0.39, 0.29) is 18.0 Å². The third kappa shape index (κ3) is 3.92. The number of amides is 1. The third-order valence-electron chi connectivity index (χ3n) is 3.58. The first-order valence-corrected chi connectivity index (χ1v) is 7.67. The molecule has 2 heterocycles. The summed E-state index contributed by atoms with van der Waals surface area (Å²) in [5, 5.41) is 13.5. The highest BCUT2D eigenvalue weighted by molar-refractivity contribution is 5.93. The smallest absolute Gasteiger partial charge is 0.269 e. The molecule has 0 fully saturated rings. The van der Waals surface area contributed by atoms with Crippen molar-refractivity contribution in [2.45, 2.75) is 6.54 Å². The van der Waals surface area contributed by atoms with Gasteiger partial charge >= 0.3 is 0 Å². The number of nitrogens with one attached hydrogen (secondary N) is 2. The van der Waals surface area contributed by atoms with Crippen LogP contribution in [0.3, 0.4) is 0 Å². The Labute approximate surface area is 143 Å². The second-order valence-corrected chi connectivity index (χ2v) is 5.24. The molecule has 128 valence electrons. The first-order valence-electron chi connectivity index (χ1n) is 7.67. The second-order valence-electron chi connectivity index (χ2n) is 5.24. The standard InChI is InChI=1S/C17H17N5O3/c1-25-13-5-2-4-12(10-13)14-11-15(21-20-14)17(24)18-8-9-22-16(23)6-3-7-19-22/h2-7,10-11H,8-9H2,1H3,(H,18,24)(H,20,21). The number of carbonyl (C=O) groups excluding carboxylic acids is 1. The number of hydrogen-bond acceptors (Lipinski definition) is 5. The second kappa shape index (κ2) is 7.43. The maximum atomic E-state index is 12.2. The van der Waals surface area contributed by atoms with E-state index in [1.54, 1.807) is 19.2 Å². The Morgan fingerprint density at radius 2 is 2.16 bits per heavy atom. The molecule has 0 atom stereocenters. The zero-order valence-corrected chi connectivity index (χ0v) is 13.6. The lowest BCUT2D eigenvalue weighted by Crippen LogP contribution is -2.31. The van der Waals surface area contributed by atoms with Crippen molar-refractivity contribution >= 4 is 5.91 Å². The SMILES string of the molecule is COc1cccc(-c2cc(C(=O)NCCn3ncccc3=O)[nH]n2)c1. The van der Waals surface area contributed by atoms with E-state index >= 15 is 0 Å². The van der Waals surface area contributed by atoms with Crippen LogP contribution in [0.15, 0.2) is 53.5 Å². The summed E-state index contributed by atoms with van der Waals surface area (Å²) in [6.07, 6.45) is 1.53. The van der Waals surface area contributed by atoms with Gasteiger partial charge in [-0.25, -0.2) is 4.68 Å². The molecule has 0 radical (unpaired) electrons. The van der Waals surface area contributed by atoms with E-state index in [0.717, 1.165) is 5.56 Å². The minimum absolute atomic E-state index is 0.210. The van der Waals surface area contributed by atoms with Crippen LogP contribution < -0.4 is 15.6 Å². The van der Waals surface area contributed by atoms with Crippen molar-refractivity contribution < 1.29 is 9.53 Å². The molecule has 1 aromatic carbocycles. The van der Waals surface area contributed by atoms with E-state index in [4.69, 9.17) is 4.74 Å². The molecule has 0 saturated heterocycles. The normalized spacial score (nSPS) is 10.4. The van der Waals surface area contributed by atoms with Gasteiger partial charge < -0.3 is 10.1 Å². The number of rotatable bonds is 6. The molecule has 8 nitrogen and oxygen atoms in total. The zero-order chi connectivity index (χ0) is 17.6. The summed E-state index contributed by atoms with van der Waals surface area (Å²) in [5.41, 5.74) is 1.62. The molecule has 1 amide bonds. The van der Waals surface area contributed by atoms with Gasteiger partial charge in [-0.1, -0.05) is 12.1 Å². The molecule has 2 aromatic heterocycles. The lowest BCUT2D eigenvalue weighted by Gasteiger charge is -2.04. The molecule has 0 spiro atoms. The van der Waals surface area contributed by atoms with Crippen molar-refractivity contribution in [3.8, 4) is 17.0 Å². The predicted octanol–water partition coefficient (Wildman–Crippen LogP) is 1.07. The van der Waals surface area contributed by atoms with Gasteiger partial charge in [-0.15, -0.1) is 0 Å². The summed E-state index contributed by atoms with van der Waals surface area (Å²) in [4.78, 5) is 23.7. The molecule has 3 rings (SSSR count). The number of ether oxygens (including phenoxy) is 1. The van der Waals surface area contributed by atoms with Crippen LogP contribution in [0.2, 0.25) is 0 Å². The molecule has 0 aliphatic heterocycles. The molecule has 8 heteroatoms. The molecule has 0 saturated carbocycles. The molecule has 0 bridgehead atoms. The molecule has 0 unspecified atom stereocenters. The number of carbonyl (C=O) groups is 1. The number of aromatic amines is 1. The van der Waals surface area contributed by atoms with Crippen LogP contribution in [0.5, 0.6) is 5.75 Å². The van der Waals surface area contributed by atoms with Crippen LogP contribution in [-0.4, -0.2) is 39.5 Å². The summed E-state index contributed by atoms with van der Waals surface area (Å²) in [5.74, 6) is 0.415. The monoisotopic (exact) mass is 339 g/mol. The Hall–Kier alpha value is -3.42. The summed E-state index contributed by atoms with van der Waals surface area (Å²) < 4.78 is 6.47. The van der Waals surface area contributed by atoms with E-state index < -0.39 is 0 Å². The highest BCUT2D eigenvalue weighted by Gasteiger charge is 2.11. The maximum absolute atomic E-state index is 12.2. The van der Waals surface area contributed by atoms with Gasteiger partial charge in [0.05, 0.1) is 19.3 Å². The molecule has 25 heavy (non-hydrogen) atoms. The minimum Gasteiger partial charge on any atom is -0.497 e. The van der Waals surface area contributed by atoms with E-state index in [1.807, 2.05) is 24.3 Å². The lowest BCUT2D eigenvalue weighted by atomic mass is 10.1. The van der Waals surface area contributed by atoms with E-state index in [1.165, 1.54) is 16.9 Å². The van der Waals surface area contributed by atoms with Gasteiger partial charge in [-0.3, -0.25) is 14.7 Å². The first-order chi connectivity index (χ1) is 12.2. The van der Waals surface area contributed by atoms with Gasteiger partial charge in [-0.05, 0) is 24.3 Å². The summed E-state index contributed by atoms with van der Waals surface area (Å²) >= 11 is 0. The van der Waals surface area contributed by atoms with Gasteiger partial charge in [-0.2, -0.15) is 10.2 Å². The van der Waals surface area contributed by atoms with Crippen LogP contribution in [0.1, 0.15) is 10.5 Å². The molecule has 2 N–H and O–H groups in total. The van der Waals surface area contributed by atoms with Crippen molar-refractivity contribution in [2.75, 3.05) is 13.7 Å².